The van der Waals surface area contributed by atoms with Crippen molar-refractivity contribution in [1.82, 2.24) is 15.5 Å². The lowest BCUT2D eigenvalue weighted by molar-refractivity contribution is -0.138. The highest BCUT2D eigenvalue weighted by Crippen LogP contribution is 2.27. The highest BCUT2D eigenvalue weighted by atomic mass is 32.2. The monoisotopic (exact) mass is 299 g/mol. The zero-order chi connectivity index (χ0) is 14.6. The minimum atomic E-state index is -0.280. The van der Waals surface area contributed by atoms with E-state index in [1.54, 1.807) is 16.7 Å². The highest BCUT2D eigenvalue weighted by Gasteiger charge is 2.35. The number of nitrogens with one attached hydrogen (secondary N) is 2. The molecule has 6 heteroatoms. The lowest BCUT2D eigenvalue weighted by Gasteiger charge is -2.34. The number of nitrogens with zero attached hydrogens (tertiary/aromatic N) is 1. The summed E-state index contributed by atoms with van der Waals surface area (Å²) in [4.78, 5) is 25.9. The molecule has 2 aliphatic rings. The maximum Gasteiger partial charge on any atom is 0.243 e. The van der Waals surface area contributed by atoms with Crippen LogP contribution in [0.15, 0.2) is 0 Å². The maximum absolute atomic E-state index is 12.3. The van der Waals surface area contributed by atoms with Gasteiger partial charge < -0.3 is 15.5 Å². The molecule has 0 bridgehead atoms. The molecule has 0 saturated carbocycles. The lowest BCUT2D eigenvalue weighted by atomic mass is 9.81. The molecular formula is C14H25N3O2S. The summed E-state index contributed by atoms with van der Waals surface area (Å²) >= 11 is 1.66. The number of carbonyl (C=O) groups is 2. The van der Waals surface area contributed by atoms with Crippen LogP contribution in [0.5, 0.6) is 0 Å². The molecular weight excluding hydrogens is 274 g/mol. The zero-order valence-electron chi connectivity index (χ0n) is 12.4. The molecule has 0 radical (unpaired) electrons. The second-order valence-electron chi connectivity index (χ2n) is 6.01. The molecule has 1 atom stereocenters. The molecule has 2 heterocycles. The molecule has 5 nitrogen and oxygen atoms in total. The van der Waals surface area contributed by atoms with Crippen LogP contribution in [0.2, 0.25) is 0 Å². The maximum atomic E-state index is 12.3. The number of piperidine rings is 1. The minimum Gasteiger partial charge on any atom is -0.354 e. The second-order valence-corrected chi connectivity index (χ2v) is 7.01. The van der Waals surface area contributed by atoms with Crippen LogP contribution in [0, 0.1) is 5.41 Å². The van der Waals surface area contributed by atoms with Gasteiger partial charge in [0.05, 0.1) is 5.88 Å². The number of hydrogen-bond donors (Lipinski definition) is 2. The van der Waals surface area contributed by atoms with E-state index in [2.05, 4.69) is 17.6 Å². The van der Waals surface area contributed by atoms with E-state index in [1.165, 1.54) is 0 Å². The van der Waals surface area contributed by atoms with Crippen molar-refractivity contribution in [1.29, 1.82) is 0 Å². The van der Waals surface area contributed by atoms with Crippen LogP contribution in [-0.2, 0) is 9.59 Å². The standard InChI is InChI=1S/C14H25N3O2S/c1-3-12(18)17-10-20-8-11(17)13(19)16-9-14(2)4-6-15-7-5-14/h11,15H,3-10H2,1-2H3,(H,16,19). The molecule has 114 valence electrons. The normalized spacial score (nSPS) is 25.5. The first-order valence-electron chi connectivity index (χ1n) is 7.41. The Bertz CT molecular complexity index is 369. The predicted molar refractivity (Wildman–Crippen MR) is 81.5 cm³/mol. The fraction of sp³-hybridized carbons (Fsp3) is 0.857. The molecule has 0 aromatic carbocycles. The van der Waals surface area contributed by atoms with Gasteiger partial charge in [0.1, 0.15) is 6.04 Å². The molecule has 1 unspecified atom stereocenters. The van der Waals surface area contributed by atoms with Gasteiger partial charge in [-0.15, -0.1) is 11.8 Å². The summed E-state index contributed by atoms with van der Waals surface area (Å²) in [6.07, 6.45) is 2.64. The summed E-state index contributed by atoms with van der Waals surface area (Å²) in [5.74, 6) is 1.45. The van der Waals surface area contributed by atoms with Gasteiger partial charge in [0.25, 0.3) is 0 Å². The van der Waals surface area contributed by atoms with E-state index in [-0.39, 0.29) is 23.3 Å². The van der Waals surface area contributed by atoms with Crippen molar-refractivity contribution < 1.29 is 9.59 Å². The number of rotatable bonds is 4. The molecule has 2 saturated heterocycles. The molecule has 2 rings (SSSR count). The van der Waals surface area contributed by atoms with E-state index in [9.17, 15) is 9.59 Å². The van der Waals surface area contributed by atoms with E-state index >= 15 is 0 Å². The fourth-order valence-electron chi connectivity index (χ4n) is 2.73. The first kappa shape index (κ1) is 15.6. The van der Waals surface area contributed by atoms with Crippen molar-refractivity contribution in [3.8, 4) is 0 Å². The van der Waals surface area contributed by atoms with Gasteiger partial charge in [-0.3, -0.25) is 9.59 Å². The minimum absolute atomic E-state index is 0.0107. The van der Waals surface area contributed by atoms with Crippen LogP contribution in [0.25, 0.3) is 0 Å². The van der Waals surface area contributed by atoms with Crippen LogP contribution in [0.1, 0.15) is 33.1 Å². The molecule has 20 heavy (non-hydrogen) atoms. The third kappa shape index (κ3) is 3.67. The first-order chi connectivity index (χ1) is 9.56. The van der Waals surface area contributed by atoms with Crippen molar-refractivity contribution in [3.63, 3.8) is 0 Å². The summed E-state index contributed by atoms with van der Waals surface area (Å²) in [6.45, 7) is 6.82. The first-order valence-corrected chi connectivity index (χ1v) is 8.57. The van der Waals surface area contributed by atoms with E-state index in [1.807, 2.05) is 6.92 Å². The molecule has 2 fully saturated rings. The quantitative estimate of drug-likeness (QED) is 0.806. The Hall–Kier alpha value is -0.750. The van der Waals surface area contributed by atoms with Crippen LogP contribution in [0.3, 0.4) is 0 Å². The van der Waals surface area contributed by atoms with Gasteiger partial charge in [-0.25, -0.2) is 0 Å². The van der Waals surface area contributed by atoms with Crippen molar-refractivity contribution in [3.05, 3.63) is 0 Å². The van der Waals surface area contributed by atoms with Gasteiger partial charge in [0.15, 0.2) is 0 Å². The summed E-state index contributed by atoms with van der Waals surface area (Å²) < 4.78 is 0. The summed E-state index contributed by atoms with van der Waals surface area (Å²) in [5.41, 5.74) is 0.187. The van der Waals surface area contributed by atoms with Gasteiger partial charge in [-0.05, 0) is 31.3 Å². The molecule has 2 amide bonds. The van der Waals surface area contributed by atoms with Crippen molar-refractivity contribution in [2.24, 2.45) is 5.41 Å². The molecule has 2 aliphatic heterocycles. The topological polar surface area (TPSA) is 61.4 Å². The average molecular weight is 299 g/mol. The summed E-state index contributed by atoms with van der Waals surface area (Å²) in [7, 11) is 0. The van der Waals surface area contributed by atoms with Crippen molar-refractivity contribution in [2.75, 3.05) is 31.3 Å². The molecule has 0 aromatic rings. The van der Waals surface area contributed by atoms with Crippen LogP contribution in [0.4, 0.5) is 0 Å². The predicted octanol–water partition coefficient (Wildman–Crippen LogP) is 0.804. The van der Waals surface area contributed by atoms with Crippen LogP contribution in [-0.4, -0.2) is 54.0 Å². The van der Waals surface area contributed by atoms with Gasteiger partial charge in [-0.2, -0.15) is 0 Å². The fourth-order valence-corrected chi connectivity index (χ4v) is 3.91. The van der Waals surface area contributed by atoms with Gasteiger partial charge >= 0.3 is 0 Å². The van der Waals surface area contributed by atoms with E-state index in [0.29, 0.717) is 18.8 Å². The second kappa shape index (κ2) is 6.80. The Morgan fingerprint density at radius 2 is 2.10 bits per heavy atom. The Kier molecular flexibility index (Phi) is 5.32. The Labute approximate surface area is 125 Å². The number of thioether (sulfide) groups is 1. The van der Waals surface area contributed by atoms with Crippen molar-refractivity contribution >= 4 is 23.6 Å². The van der Waals surface area contributed by atoms with E-state index in [0.717, 1.165) is 31.7 Å². The number of amides is 2. The molecule has 0 aromatic heterocycles. The summed E-state index contributed by atoms with van der Waals surface area (Å²) in [5, 5.41) is 6.41. The molecule has 0 spiro atoms. The Balaban J connectivity index is 1.86. The van der Waals surface area contributed by atoms with Gasteiger partial charge in [-0.1, -0.05) is 13.8 Å². The third-order valence-corrected chi connectivity index (χ3v) is 5.32. The zero-order valence-corrected chi connectivity index (χ0v) is 13.2. The summed E-state index contributed by atoms with van der Waals surface area (Å²) in [6, 6.07) is -0.280. The smallest absolute Gasteiger partial charge is 0.243 e. The third-order valence-electron chi connectivity index (χ3n) is 4.31. The van der Waals surface area contributed by atoms with Crippen LogP contribution < -0.4 is 10.6 Å². The SMILES string of the molecule is CCC(=O)N1CSCC1C(=O)NCC1(C)CCNCC1. The van der Waals surface area contributed by atoms with Crippen LogP contribution >= 0.6 is 11.8 Å². The van der Waals surface area contributed by atoms with E-state index < -0.39 is 0 Å². The van der Waals surface area contributed by atoms with Crippen molar-refractivity contribution in [2.45, 2.75) is 39.2 Å². The number of carbonyl (C=O) groups excluding carboxylic acids is 2. The van der Waals surface area contributed by atoms with Gasteiger partial charge in [0.2, 0.25) is 11.8 Å². The van der Waals surface area contributed by atoms with Gasteiger partial charge in [0, 0.05) is 18.7 Å². The highest BCUT2D eigenvalue weighted by molar-refractivity contribution is 7.99. The average Bonchev–Trinajstić information content (AvgIpc) is 2.94. The molecule has 0 aliphatic carbocycles. The number of hydrogen-bond acceptors (Lipinski definition) is 4. The lowest BCUT2D eigenvalue weighted by Crippen LogP contribution is -2.50. The molecule has 2 N–H and O–H groups in total. The Morgan fingerprint density at radius 1 is 1.40 bits per heavy atom. The van der Waals surface area contributed by atoms with E-state index in [4.69, 9.17) is 0 Å². The largest absolute Gasteiger partial charge is 0.354 e. The Morgan fingerprint density at radius 3 is 2.75 bits per heavy atom.